The molecule has 1 saturated heterocycles. The van der Waals surface area contributed by atoms with Gasteiger partial charge < -0.3 is 9.64 Å². The van der Waals surface area contributed by atoms with Crippen molar-refractivity contribution >= 4 is 17.7 Å². The van der Waals surface area contributed by atoms with Crippen molar-refractivity contribution in [2.45, 2.75) is 30.8 Å². The number of carbonyl (C=O) groups excluding carboxylic acids is 1. The molecule has 1 aliphatic rings. The monoisotopic (exact) mass is 346 g/mol. The van der Waals surface area contributed by atoms with Crippen LogP contribution in [0.25, 0.3) is 11.4 Å². The lowest BCUT2D eigenvalue weighted by Gasteiger charge is -2.19. The van der Waals surface area contributed by atoms with Crippen LogP contribution in [0.3, 0.4) is 0 Å². The Labute approximate surface area is 146 Å². The van der Waals surface area contributed by atoms with Gasteiger partial charge in [0, 0.05) is 18.7 Å². The van der Waals surface area contributed by atoms with Gasteiger partial charge >= 0.3 is 0 Å². The fourth-order valence-corrected chi connectivity index (χ4v) is 3.43. The van der Waals surface area contributed by atoms with Gasteiger partial charge in [0.25, 0.3) is 0 Å². The lowest BCUT2D eigenvalue weighted by molar-refractivity contribution is -0.128. The van der Waals surface area contributed by atoms with Gasteiger partial charge in [0.15, 0.2) is 5.82 Å². The van der Waals surface area contributed by atoms with Gasteiger partial charge in [-0.05, 0) is 37.1 Å². The van der Waals surface area contributed by atoms with Gasteiger partial charge in [-0.25, -0.2) is 4.98 Å². The first-order valence-electron chi connectivity index (χ1n) is 8.23. The SMILES string of the molecule is COc1ccc(-c2nc(SCC(=O)N3CCCCCC3)n[nH]2)cc1. The van der Waals surface area contributed by atoms with Gasteiger partial charge in [-0.15, -0.1) is 5.10 Å². The summed E-state index contributed by atoms with van der Waals surface area (Å²) in [6.07, 6.45) is 4.67. The maximum atomic E-state index is 12.3. The number of aromatic amines is 1. The lowest BCUT2D eigenvalue weighted by atomic mass is 10.2. The minimum atomic E-state index is 0.178. The highest BCUT2D eigenvalue weighted by Gasteiger charge is 2.16. The minimum absolute atomic E-state index is 0.178. The van der Waals surface area contributed by atoms with Crippen LogP contribution in [0.5, 0.6) is 5.75 Å². The quantitative estimate of drug-likeness (QED) is 0.843. The molecule has 7 heteroatoms. The lowest BCUT2D eigenvalue weighted by Crippen LogP contribution is -2.33. The van der Waals surface area contributed by atoms with Crippen LogP contribution in [0, 0.1) is 0 Å². The summed E-state index contributed by atoms with van der Waals surface area (Å²) in [5.41, 5.74) is 0.939. The van der Waals surface area contributed by atoms with E-state index in [-0.39, 0.29) is 5.91 Å². The Bertz CT molecular complexity index is 663. The van der Waals surface area contributed by atoms with E-state index in [9.17, 15) is 4.79 Å². The Balaban J connectivity index is 1.56. The summed E-state index contributed by atoms with van der Waals surface area (Å²) in [6, 6.07) is 7.62. The van der Waals surface area contributed by atoms with Crippen LogP contribution in [0.1, 0.15) is 25.7 Å². The maximum Gasteiger partial charge on any atom is 0.233 e. The second-order valence-corrected chi connectivity index (χ2v) is 6.72. The number of ether oxygens (including phenoxy) is 1. The molecule has 0 atom stereocenters. The number of aromatic nitrogens is 3. The van der Waals surface area contributed by atoms with E-state index in [1.54, 1.807) is 7.11 Å². The zero-order chi connectivity index (χ0) is 16.8. The average Bonchev–Trinajstić information content (AvgIpc) is 2.92. The number of rotatable bonds is 5. The number of nitrogens with zero attached hydrogens (tertiary/aromatic N) is 3. The topological polar surface area (TPSA) is 71.1 Å². The number of H-pyrrole nitrogens is 1. The second-order valence-electron chi connectivity index (χ2n) is 5.78. The number of hydrogen-bond donors (Lipinski definition) is 1. The number of likely N-dealkylation sites (tertiary alicyclic amines) is 1. The predicted molar refractivity (Wildman–Crippen MR) is 94.1 cm³/mol. The summed E-state index contributed by atoms with van der Waals surface area (Å²) in [4.78, 5) is 18.7. The van der Waals surface area contributed by atoms with E-state index in [0.29, 0.717) is 16.7 Å². The molecule has 0 saturated carbocycles. The Hall–Kier alpha value is -2.02. The molecule has 1 amide bonds. The van der Waals surface area contributed by atoms with Gasteiger partial charge in [0.1, 0.15) is 5.75 Å². The second kappa shape index (κ2) is 8.19. The molecule has 0 spiro atoms. The molecule has 0 bridgehead atoms. The van der Waals surface area contributed by atoms with Crippen LogP contribution in [0.15, 0.2) is 29.4 Å². The third-order valence-corrected chi connectivity index (χ3v) is 4.94. The predicted octanol–water partition coefficient (Wildman–Crippen LogP) is 2.98. The first kappa shape index (κ1) is 16.8. The average molecular weight is 346 g/mol. The van der Waals surface area contributed by atoms with E-state index < -0.39 is 0 Å². The molecule has 128 valence electrons. The van der Waals surface area contributed by atoms with Gasteiger partial charge in [-0.1, -0.05) is 24.6 Å². The molecule has 1 aliphatic heterocycles. The van der Waals surface area contributed by atoms with Crippen LogP contribution in [-0.2, 0) is 4.79 Å². The van der Waals surface area contributed by atoms with Crippen LogP contribution in [0.4, 0.5) is 0 Å². The molecule has 1 fully saturated rings. The van der Waals surface area contributed by atoms with E-state index in [1.807, 2.05) is 29.2 Å². The third kappa shape index (κ3) is 4.29. The zero-order valence-electron chi connectivity index (χ0n) is 13.8. The number of benzene rings is 1. The van der Waals surface area contributed by atoms with Crippen molar-refractivity contribution in [3.05, 3.63) is 24.3 Å². The summed E-state index contributed by atoms with van der Waals surface area (Å²) in [7, 11) is 1.64. The van der Waals surface area contributed by atoms with Crippen LogP contribution in [-0.4, -0.2) is 51.9 Å². The summed E-state index contributed by atoms with van der Waals surface area (Å²) in [6.45, 7) is 1.76. The van der Waals surface area contributed by atoms with E-state index in [0.717, 1.165) is 37.2 Å². The molecule has 2 aromatic rings. The van der Waals surface area contributed by atoms with Crippen molar-refractivity contribution in [2.24, 2.45) is 0 Å². The number of amides is 1. The molecule has 24 heavy (non-hydrogen) atoms. The van der Waals surface area contributed by atoms with E-state index in [4.69, 9.17) is 4.74 Å². The van der Waals surface area contributed by atoms with Gasteiger partial charge in [-0.3, -0.25) is 9.89 Å². The molecule has 1 aromatic heterocycles. The normalized spacial score (nSPS) is 15.1. The highest BCUT2D eigenvalue weighted by Crippen LogP contribution is 2.22. The molecule has 1 N–H and O–H groups in total. The molecule has 3 rings (SSSR count). The van der Waals surface area contributed by atoms with Crippen molar-refractivity contribution in [2.75, 3.05) is 26.0 Å². The summed E-state index contributed by atoms with van der Waals surface area (Å²) in [5, 5.41) is 7.72. The maximum absolute atomic E-state index is 12.3. The van der Waals surface area contributed by atoms with Gasteiger partial charge in [-0.2, -0.15) is 0 Å². The van der Waals surface area contributed by atoms with Gasteiger partial charge in [0.05, 0.1) is 12.9 Å². The van der Waals surface area contributed by atoms with Crippen molar-refractivity contribution < 1.29 is 9.53 Å². The minimum Gasteiger partial charge on any atom is -0.497 e. The molecular formula is C17H22N4O2S. The van der Waals surface area contributed by atoms with E-state index in [2.05, 4.69) is 15.2 Å². The molecular weight excluding hydrogens is 324 g/mol. The molecule has 0 radical (unpaired) electrons. The fraction of sp³-hybridized carbons (Fsp3) is 0.471. The standard InChI is InChI=1S/C17H22N4O2S/c1-23-14-8-6-13(7-9-14)16-18-17(20-19-16)24-12-15(22)21-10-4-2-3-5-11-21/h6-9H,2-5,10-12H2,1H3,(H,18,19,20). The molecule has 2 heterocycles. The fourth-order valence-electron chi connectivity index (χ4n) is 2.73. The number of carbonyl (C=O) groups is 1. The van der Waals surface area contributed by atoms with Crippen molar-refractivity contribution in [3.63, 3.8) is 0 Å². The molecule has 1 aromatic carbocycles. The Morgan fingerprint density at radius 2 is 1.92 bits per heavy atom. The summed E-state index contributed by atoms with van der Waals surface area (Å²) < 4.78 is 5.15. The van der Waals surface area contributed by atoms with Crippen LogP contribution < -0.4 is 4.74 Å². The van der Waals surface area contributed by atoms with E-state index in [1.165, 1.54) is 24.6 Å². The summed E-state index contributed by atoms with van der Waals surface area (Å²) >= 11 is 1.38. The van der Waals surface area contributed by atoms with Crippen molar-refractivity contribution in [1.29, 1.82) is 0 Å². The number of hydrogen-bond acceptors (Lipinski definition) is 5. The molecule has 0 unspecified atom stereocenters. The number of methoxy groups -OCH3 is 1. The highest BCUT2D eigenvalue weighted by atomic mass is 32.2. The largest absolute Gasteiger partial charge is 0.497 e. The smallest absolute Gasteiger partial charge is 0.233 e. The van der Waals surface area contributed by atoms with E-state index >= 15 is 0 Å². The summed E-state index contributed by atoms with van der Waals surface area (Å²) in [5.74, 6) is 2.07. The molecule has 6 nitrogen and oxygen atoms in total. The zero-order valence-corrected chi connectivity index (χ0v) is 14.6. The molecule has 0 aliphatic carbocycles. The van der Waals surface area contributed by atoms with Crippen molar-refractivity contribution in [3.8, 4) is 17.1 Å². The first-order chi connectivity index (χ1) is 11.8. The van der Waals surface area contributed by atoms with Crippen molar-refractivity contribution in [1.82, 2.24) is 20.1 Å². The Morgan fingerprint density at radius 3 is 2.58 bits per heavy atom. The van der Waals surface area contributed by atoms with Crippen LogP contribution in [0.2, 0.25) is 0 Å². The number of thioether (sulfide) groups is 1. The highest BCUT2D eigenvalue weighted by molar-refractivity contribution is 7.99. The third-order valence-electron chi connectivity index (χ3n) is 4.11. The Morgan fingerprint density at radius 1 is 1.21 bits per heavy atom. The first-order valence-corrected chi connectivity index (χ1v) is 9.22. The number of nitrogens with one attached hydrogen (secondary N) is 1. The van der Waals surface area contributed by atoms with Gasteiger partial charge in [0.2, 0.25) is 11.1 Å². The Kier molecular flexibility index (Phi) is 5.74. The van der Waals surface area contributed by atoms with Crippen LogP contribution >= 0.6 is 11.8 Å².